The van der Waals surface area contributed by atoms with Gasteiger partial charge < -0.3 is 19.7 Å². The molecule has 2 saturated heterocycles. The molecule has 1 spiro atoms. The number of likely N-dealkylation sites (tertiary alicyclic amines) is 1. The van der Waals surface area contributed by atoms with E-state index in [1.807, 2.05) is 39.1 Å². The summed E-state index contributed by atoms with van der Waals surface area (Å²) in [6, 6.07) is 3.97. The minimum atomic E-state index is -0.475. The van der Waals surface area contributed by atoms with Crippen LogP contribution < -0.4 is 5.32 Å². The van der Waals surface area contributed by atoms with Gasteiger partial charge in [0.1, 0.15) is 5.60 Å². The van der Waals surface area contributed by atoms with Crippen molar-refractivity contribution in [3.63, 3.8) is 0 Å². The highest BCUT2D eigenvalue weighted by molar-refractivity contribution is 5.82. The van der Waals surface area contributed by atoms with E-state index in [0.717, 1.165) is 31.2 Å². The van der Waals surface area contributed by atoms with Crippen molar-refractivity contribution in [2.24, 2.45) is 11.8 Å². The topological polar surface area (TPSA) is 80.8 Å². The van der Waals surface area contributed by atoms with Crippen LogP contribution in [0.2, 0.25) is 0 Å². The van der Waals surface area contributed by atoms with Crippen molar-refractivity contribution in [1.82, 2.24) is 15.2 Å². The van der Waals surface area contributed by atoms with Crippen LogP contribution in [0.4, 0.5) is 4.79 Å². The van der Waals surface area contributed by atoms with Gasteiger partial charge in [-0.2, -0.15) is 0 Å². The maximum absolute atomic E-state index is 12.5. The third kappa shape index (κ3) is 4.94. The third-order valence-corrected chi connectivity index (χ3v) is 6.42. The van der Waals surface area contributed by atoms with Crippen molar-refractivity contribution < 1.29 is 19.1 Å². The summed E-state index contributed by atoms with van der Waals surface area (Å²) in [7, 11) is 0. The number of piperidine rings is 1. The Morgan fingerprint density at radius 1 is 1.33 bits per heavy atom. The molecule has 1 saturated carbocycles. The Labute approximate surface area is 178 Å². The van der Waals surface area contributed by atoms with Crippen molar-refractivity contribution in [3.8, 4) is 0 Å². The molecule has 3 aliphatic rings. The van der Waals surface area contributed by atoms with Crippen LogP contribution in [0.25, 0.3) is 0 Å². The summed E-state index contributed by atoms with van der Waals surface area (Å²) in [5.74, 6) is 0.853. The van der Waals surface area contributed by atoms with Gasteiger partial charge in [0, 0.05) is 43.9 Å². The van der Waals surface area contributed by atoms with E-state index in [-0.39, 0.29) is 23.5 Å². The van der Waals surface area contributed by atoms with Crippen LogP contribution in [0.15, 0.2) is 24.5 Å². The second kappa shape index (κ2) is 8.17. The van der Waals surface area contributed by atoms with Crippen LogP contribution in [-0.2, 0) is 14.3 Å². The third-order valence-electron chi connectivity index (χ3n) is 6.42. The zero-order valence-corrected chi connectivity index (χ0v) is 18.2. The molecule has 3 heterocycles. The Balaban J connectivity index is 1.19. The molecule has 7 nitrogen and oxygen atoms in total. The first-order chi connectivity index (χ1) is 14.2. The number of aromatic nitrogens is 1. The summed E-state index contributed by atoms with van der Waals surface area (Å²) in [4.78, 5) is 30.7. The van der Waals surface area contributed by atoms with Crippen molar-refractivity contribution in [2.45, 2.75) is 63.6 Å². The van der Waals surface area contributed by atoms with Crippen LogP contribution >= 0.6 is 0 Å². The Hall–Kier alpha value is -2.15. The predicted octanol–water partition coefficient (Wildman–Crippen LogP) is 3.11. The zero-order chi connectivity index (χ0) is 21.4. The molecule has 4 rings (SSSR count). The first-order valence-electron chi connectivity index (χ1n) is 11.0. The Morgan fingerprint density at radius 3 is 2.77 bits per heavy atom. The molecule has 0 radical (unpaired) electrons. The van der Waals surface area contributed by atoms with Gasteiger partial charge in [0.2, 0.25) is 5.91 Å². The first kappa shape index (κ1) is 21.1. The molecule has 0 aromatic carbocycles. The highest BCUT2D eigenvalue weighted by Crippen LogP contribution is 2.47. The molecule has 1 aromatic heterocycles. The molecular formula is C23H33N3O4. The molecule has 3 fully saturated rings. The number of ether oxygens (including phenoxy) is 2. The van der Waals surface area contributed by atoms with E-state index in [1.165, 1.54) is 0 Å². The number of hydrogen-bond acceptors (Lipinski definition) is 5. The van der Waals surface area contributed by atoms with E-state index in [2.05, 4.69) is 10.3 Å². The summed E-state index contributed by atoms with van der Waals surface area (Å²) in [6.07, 6.45) is 6.86. The Morgan fingerprint density at radius 2 is 2.10 bits per heavy atom. The minimum absolute atomic E-state index is 0.0718. The quantitative estimate of drug-likeness (QED) is 0.817. The number of carbonyl (C=O) groups excluding carboxylic acids is 2. The van der Waals surface area contributed by atoms with Gasteiger partial charge in [-0.3, -0.25) is 9.78 Å². The molecule has 0 bridgehead atoms. The molecule has 1 aliphatic carbocycles. The summed E-state index contributed by atoms with van der Waals surface area (Å²) in [6.45, 7) is 8.30. The zero-order valence-electron chi connectivity index (χ0n) is 18.2. The average Bonchev–Trinajstić information content (AvgIpc) is 3.42. The predicted molar refractivity (Wildman–Crippen MR) is 112 cm³/mol. The van der Waals surface area contributed by atoms with E-state index < -0.39 is 5.60 Å². The second-order valence-corrected chi connectivity index (χ2v) is 10.0. The van der Waals surface area contributed by atoms with Gasteiger partial charge in [0.05, 0.1) is 12.2 Å². The number of hydrogen-bond donors (Lipinski definition) is 1. The number of pyridine rings is 1. The molecule has 164 valence electrons. The van der Waals surface area contributed by atoms with Gasteiger partial charge >= 0.3 is 6.09 Å². The molecule has 30 heavy (non-hydrogen) atoms. The lowest BCUT2D eigenvalue weighted by molar-refractivity contribution is -0.122. The lowest BCUT2D eigenvalue weighted by atomic mass is 9.85. The van der Waals surface area contributed by atoms with Gasteiger partial charge in [0.15, 0.2) is 0 Å². The summed E-state index contributed by atoms with van der Waals surface area (Å²) >= 11 is 0. The normalized spacial score (nSPS) is 27.7. The molecule has 1 aromatic rings. The van der Waals surface area contributed by atoms with Crippen molar-refractivity contribution in [2.75, 3.05) is 26.2 Å². The molecule has 1 N–H and O–H groups in total. The fourth-order valence-electron chi connectivity index (χ4n) is 4.67. The van der Waals surface area contributed by atoms with Crippen LogP contribution in [0.5, 0.6) is 0 Å². The lowest BCUT2D eigenvalue weighted by Crippen LogP contribution is -2.48. The minimum Gasteiger partial charge on any atom is -0.444 e. The highest BCUT2D eigenvalue weighted by atomic mass is 16.6. The molecule has 7 heteroatoms. The molecular weight excluding hydrogens is 382 g/mol. The van der Waals surface area contributed by atoms with E-state index in [9.17, 15) is 9.59 Å². The number of amides is 2. The second-order valence-electron chi connectivity index (χ2n) is 10.0. The van der Waals surface area contributed by atoms with Gasteiger partial charge in [-0.05, 0) is 64.0 Å². The van der Waals surface area contributed by atoms with Crippen molar-refractivity contribution >= 4 is 12.0 Å². The standard InChI is InChI=1S/C23H33N3O4/c1-22(2,3)30-21(28)26-9-6-23(7-10-26)12-16(15-29-23)13-25-20(27)19-11-18(19)17-5-4-8-24-14-17/h4-5,8,14,16,18-19H,6-7,9-13,15H2,1-3H3,(H,25,27). The van der Waals surface area contributed by atoms with Gasteiger partial charge in [-0.25, -0.2) is 4.79 Å². The van der Waals surface area contributed by atoms with E-state index in [1.54, 1.807) is 11.1 Å². The largest absolute Gasteiger partial charge is 0.444 e. The first-order valence-corrected chi connectivity index (χ1v) is 11.0. The Bertz CT molecular complexity index is 768. The van der Waals surface area contributed by atoms with Crippen LogP contribution in [0.1, 0.15) is 57.9 Å². The van der Waals surface area contributed by atoms with Crippen LogP contribution in [0.3, 0.4) is 0 Å². The monoisotopic (exact) mass is 415 g/mol. The number of rotatable bonds is 4. The fraction of sp³-hybridized carbons (Fsp3) is 0.696. The highest BCUT2D eigenvalue weighted by Gasteiger charge is 2.46. The fourth-order valence-corrected chi connectivity index (χ4v) is 4.67. The maximum atomic E-state index is 12.5. The van der Waals surface area contributed by atoms with Gasteiger partial charge in [-0.1, -0.05) is 6.07 Å². The van der Waals surface area contributed by atoms with Gasteiger partial charge in [0.25, 0.3) is 0 Å². The summed E-state index contributed by atoms with van der Waals surface area (Å²) in [5, 5.41) is 3.14. The molecule has 3 atom stereocenters. The number of nitrogens with zero attached hydrogens (tertiary/aromatic N) is 2. The smallest absolute Gasteiger partial charge is 0.410 e. The Kier molecular flexibility index (Phi) is 5.75. The van der Waals surface area contributed by atoms with Crippen molar-refractivity contribution in [3.05, 3.63) is 30.1 Å². The maximum Gasteiger partial charge on any atom is 0.410 e. The van der Waals surface area contributed by atoms with Crippen LogP contribution in [0, 0.1) is 11.8 Å². The van der Waals surface area contributed by atoms with Gasteiger partial charge in [-0.15, -0.1) is 0 Å². The van der Waals surface area contributed by atoms with E-state index in [4.69, 9.17) is 9.47 Å². The van der Waals surface area contributed by atoms with Crippen LogP contribution in [-0.4, -0.2) is 59.3 Å². The molecule has 3 unspecified atom stereocenters. The van der Waals surface area contributed by atoms with E-state index in [0.29, 0.717) is 38.1 Å². The summed E-state index contributed by atoms with van der Waals surface area (Å²) in [5.41, 5.74) is 0.514. The number of carbonyl (C=O) groups is 2. The molecule has 2 aliphatic heterocycles. The SMILES string of the molecule is CC(C)(C)OC(=O)N1CCC2(CC1)CC(CNC(=O)C1CC1c1cccnc1)CO2. The van der Waals surface area contributed by atoms with E-state index >= 15 is 0 Å². The summed E-state index contributed by atoms with van der Waals surface area (Å²) < 4.78 is 11.7. The lowest BCUT2D eigenvalue weighted by Gasteiger charge is -2.39. The van der Waals surface area contributed by atoms with Crippen molar-refractivity contribution in [1.29, 1.82) is 0 Å². The number of nitrogens with one attached hydrogen (secondary N) is 1. The average molecular weight is 416 g/mol. The molecule has 2 amide bonds.